The summed E-state index contributed by atoms with van der Waals surface area (Å²) in [6, 6.07) is 10.7. The van der Waals surface area contributed by atoms with Crippen LogP contribution >= 0.6 is 0 Å². The van der Waals surface area contributed by atoms with Crippen LogP contribution in [0.2, 0.25) is 0 Å². The van der Waals surface area contributed by atoms with Gasteiger partial charge in [-0.05, 0) is 28.4 Å². The van der Waals surface area contributed by atoms with Gasteiger partial charge in [-0.25, -0.2) is 14.8 Å². The average Bonchev–Trinajstić information content (AvgIpc) is 3.28. The lowest BCUT2D eigenvalue weighted by Gasteiger charge is -2.09. The summed E-state index contributed by atoms with van der Waals surface area (Å²) < 4.78 is 45.1. The minimum atomic E-state index is -4.52. The molecule has 174 valence electrons. The number of urea groups is 1. The average molecular weight is 470 g/mol. The van der Waals surface area contributed by atoms with Crippen LogP contribution in [-0.4, -0.2) is 27.8 Å². The molecule has 4 N–H and O–H groups in total. The van der Waals surface area contributed by atoms with Gasteiger partial charge in [-0.2, -0.15) is 13.2 Å². The van der Waals surface area contributed by atoms with Crippen molar-refractivity contribution in [3.05, 3.63) is 84.6 Å². The van der Waals surface area contributed by atoms with E-state index in [9.17, 15) is 18.0 Å². The summed E-state index contributed by atoms with van der Waals surface area (Å²) in [4.78, 5) is 20.2. The second-order valence-electron chi connectivity index (χ2n) is 7.20. The lowest BCUT2D eigenvalue weighted by Crippen LogP contribution is -2.45. The lowest BCUT2D eigenvalue weighted by atomic mass is 10.0. The van der Waals surface area contributed by atoms with Crippen molar-refractivity contribution in [3.63, 3.8) is 0 Å². The van der Waals surface area contributed by atoms with Gasteiger partial charge in [-0.15, -0.1) is 0 Å². The number of carbonyl (C=O) groups is 1. The van der Waals surface area contributed by atoms with Crippen molar-refractivity contribution >= 4 is 17.6 Å². The first-order valence-electron chi connectivity index (χ1n) is 10.0. The van der Waals surface area contributed by atoms with E-state index in [1.54, 1.807) is 12.4 Å². The Labute approximate surface area is 191 Å². The summed E-state index contributed by atoms with van der Waals surface area (Å²) in [7, 11) is 0. The fourth-order valence-corrected chi connectivity index (χ4v) is 3.25. The molecule has 2 heterocycles. The Bertz CT molecular complexity index is 1260. The zero-order chi connectivity index (χ0) is 24.1. The summed E-state index contributed by atoms with van der Waals surface area (Å²) in [5, 5.41) is 8.62. The molecule has 2 amide bonds. The molecular weight excluding hydrogens is 451 g/mol. The summed E-state index contributed by atoms with van der Waals surface area (Å²) in [5.41, 5.74) is 7.68. The zero-order valence-corrected chi connectivity index (χ0v) is 17.5. The predicted molar refractivity (Wildman–Crippen MR) is 115 cm³/mol. The number of rotatable bonds is 6. The fourth-order valence-electron chi connectivity index (χ4n) is 3.25. The Balaban J connectivity index is 1.43. The number of benzene rings is 2. The fraction of sp³-hybridized carbons (Fsp3) is 0.136. The number of hydrogen-bond acceptors (Lipinski definition) is 6. The molecule has 9 nitrogen and oxygen atoms in total. The molecule has 4 aromatic rings. The van der Waals surface area contributed by atoms with Gasteiger partial charge in [0.1, 0.15) is 6.33 Å². The molecule has 0 saturated carbocycles. The molecule has 12 heteroatoms. The molecule has 0 fully saturated rings. The Morgan fingerprint density at radius 1 is 1.06 bits per heavy atom. The van der Waals surface area contributed by atoms with Crippen molar-refractivity contribution < 1.29 is 27.2 Å². The summed E-state index contributed by atoms with van der Waals surface area (Å²) >= 11 is 0. The van der Waals surface area contributed by atoms with Gasteiger partial charge in [0.25, 0.3) is 6.20 Å². The maximum atomic E-state index is 12.8. The van der Waals surface area contributed by atoms with Crippen molar-refractivity contribution in [2.45, 2.75) is 12.2 Å². The molecule has 0 radical (unpaired) electrons. The van der Waals surface area contributed by atoms with Crippen LogP contribution in [-0.2, 0) is 6.18 Å². The largest absolute Gasteiger partial charge is 0.416 e. The van der Waals surface area contributed by atoms with Gasteiger partial charge in [0.2, 0.25) is 11.3 Å². The number of alkyl halides is 3. The highest BCUT2D eigenvalue weighted by Gasteiger charge is 2.30. The van der Waals surface area contributed by atoms with Crippen molar-refractivity contribution in [3.8, 4) is 11.1 Å². The third kappa shape index (κ3) is 5.35. The Morgan fingerprint density at radius 2 is 1.79 bits per heavy atom. The molecular formula is C22H19F3N7O2+. The van der Waals surface area contributed by atoms with Crippen LogP contribution in [0.25, 0.3) is 11.1 Å². The Morgan fingerprint density at radius 3 is 2.47 bits per heavy atom. The number of aromatic nitrogens is 4. The number of nitrogens with one attached hydrogen (secondary N) is 2. The van der Waals surface area contributed by atoms with Gasteiger partial charge in [-0.3, -0.25) is 9.84 Å². The van der Waals surface area contributed by atoms with Crippen molar-refractivity contribution in [2.24, 2.45) is 5.73 Å². The van der Waals surface area contributed by atoms with E-state index in [4.69, 9.17) is 10.3 Å². The van der Waals surface area contributed by atoms with Crippen LogP contribution in [0.5, 0.6) is 0 Å². The summed E-state index contributed by atoms with van der Waals surface area (Å²) in [5.74, 6) is -0.0130. The van der Waals surface area contributed by atoms with Crippen LogP contribution in [0.1, 0.15) is 17.2 Å². The highest BCUT2D eigenvalue weighted by atomic mass is 19.4. The zero-order valence-electron chi connectivity index (χ0n) is 17.5. The third-order valence-electron chi connectivity index (χ3n) is 4.90. The van der Waals surface area contributed by atoms with Gasteiger partial charge in [0, 0.05) is 29.2 Å². The van der Waals surface area contributed by atoms with Crippen LogP contribution in [0.4, 0.5) is 29.5 Å². The van der Waals surface area contributed by atoms with Crippen molar-refractivity contribution in [2.75, 3.05) is 17.2 Å². The Kier molecular flexibility index (Phi) is 6.50. The van der Waals surface area contributed by atoms with Crippen LogP contribution < -0.4 is 21.0 Å². The van der Waals surface area contributed by atoms with Crippen LogP contribution in [0.3, 0.4) is 0 Å². The number of anilines is 2. The highest BCUT2D eigenvalue weighted by Crippen LogP contribution is 2.30. The second kappa shape index (κ2) is 9.67. The second-order valence-corrected chi connectivity index (χ2v) is 7.20. The molecule has 2 aromatic carbocycles. The van der Waals surface area contributed by atoms with Gasteiger partial charge >= 0.3 is 18.1 Å². The van der Waals surface area contributed by atoms with E-state index in [-0.39, 0.29) is 24.2 Å². The summed E-state index contributed by atoms with van der Waals surface area (Å²) in [6.07, 6.45) is 1.78. The maximum Gasteiger partial charge on any atom is 0.416 e. The van der Waals surface area contributed by atoms with Gasteiger partial charge in [-0.1, -0.05) is 30.3 Å². The topological polar surface area (TPSA) is 123 Å². The molecule has 0 unspecified atom stereocenters. The number of amides is 2. The van der Waals surface area contributed by atoms with Gasteiger partial charge < -0.3 is 11.1 Å². The first-order valence-corrected chi connectivity index (χ1v) is 10.0. The maximum absolute atomic E-state index is 12.8. The standard InChI is InChI=1S/C22H18F3N7O2/c23-22(24,25)17-2-1-3-18(8-17)29-21(33)30-20-12-32(31-34-20)19(9-26)15-6-4-14(5-7-15)16-10-27-13-28-11-16/h1-8,10-13,19H,9,26H2,(H-,29,30,31,33)/p+1/t19-/m0/s1. The minimum absolute atomic E-state index is 0.0130. The molecule has 0 aliphatic rings. The number of nitrogens with two attached hydrogens (primary N) is 1. The van der Waals surface area contributed by atoms with Crippen molar-refractivity contribution in [1.82, 2.24) is 15.2 Å². The van der Waals surface area contributed by atoms with Crippen molar-refractivity contribution in [1.29, 1.82) is 0 Å². The predicted octanol–water partition coefficient (Wildman–Crippen LogP) is 3.63. The monoisotopic (exact) mass is 470 g/mol. The summed E-state index contributed by atoms with van der Waals surface area (Å²) in [6.45, 7) is 0.195. The molecule has 0 bridgehead atoms. The van der Waals surface area contributed by atoms with E-state index in [1.807, 2.05) is 24.3 Å². The molecule has 2 aromatic heterocycles. The molecule has 0 aliphatic heterocycles. The molecule has 0 spiro atoms. The van der Waals surface area contributed by atoms with E-state index in [2.05, 4.69) is 25.9 Å². The van der Waals surface area contributed by atoms with Gasteiger partial charge in [0.05, 0.1) is 12.1 Å². The quantitative estimate of drug-likeness (QED) is 0.370. The van der Waals surface area contributed by atoms with Crippen LogP contribution in [0.15, 0.2) is 78.0 Å². The molecule has 0 aliphatic carbocycles. The van der Waals surface area contributed by atoms with Gasteiger partial charge in [0.15, 0.2) is 0 Å². The Hall–Kier alpha value is -4.32. The number of halogens is 3. The number of nitrogens with zero attached hydrogens (tertiary/aromatic N) is 4. The first kappa shape index (κ1) is 22.9. The highest BCUT2D eigenvalue weighted by molar-refractivity contribution is 5.98. The lowest BCUT2D eigenvalue weighted by molar-refractivity contribution is -0.775. The van der Waals surface area contributed by atoms with E-state index in [0.717, 1.165) is 28.8 Å². The smallest absolute Gasteiger partial charge is 0.324 e. The van der Waals surface area contributed by atoms with E-state index in [0.29, 0.717) is 0 Å². The van der Waals surface area contributed by atoms with E-state index < -0.39 is 17.8 Å². The van der Waals surface area contributed by atoms with E-state index >= 15 is 0 Å². The molecule has 4 rings (SSSR count). The molecule has 34 heavy (non-hydrogen) atoms. The van der Waals surface area contributed by atoms with E-state index in [1.165, 1.54) is 29.3 Å². The molecule has 0 saturated heterocycles. The third-order valence-corrected chi connectivity index (χ3v) is 4.90. The number of hydrogen-bond donors (Lipinski definition) is 3. The normalized spacial score (nSPS) is 12.2. The minimum Gasteiger partial charge on any atom is -0.324 e. The number of carbonyl (C=O) groups excluding carboxylic acids is 1. The molecule has 1 atom stereocenters. The SMILES string of the molecule is NC[C@@H](c1ccc(-c2cncnc2)cc1)[n+]1cc(NC(=O)Nc2cccc(C(F)(F)F)c2)on1. The van der Waals surface area contributed by atoms with Crippen LogP contribution in [0, 0.1) is 0 Å². The first-order chi connectivity index (χ1) is 16.3.